The molecule has 0 spiro atoms. The van der Waals surface area contributed by atoms with Crippen molar-refractivity contribution in [1.29, 1.82) is 0 Å². The lowest BCUT2D eigenvalue weighted by atomic mass is 10.2. The van der Waals surface area contributed by atoms with Crippen molar-refractivity contribution in [3.8, 4) is 5.88 Å². The number of ether oxygens (including phenoxy) is 1. The SMILES string of the molecule is CCNc1ccncc1C(=O)Nc1ccc(OCC)nc1. The van der Waals surface area contributed by atoms with Crippen LogP contribution < -0.4 is 15.4 Å². The van der Waals surface area contributed by atoms with Gasteiger partial charge in [0, 0.05) is 25.0 Å². The van der Waals surface area contributed by atoms with Crippen LogP contribution in [0.1, 0.15) is 24.2 Å². The average molecular weight is 286 g/mol. The highest BCUT2D eigenvalue weighted by Crippen LogP contribution is 2.17. The number of carbonyl (C=O) groups is 1. The van der Waals surface area contributed by atoms with Gasteiger partial charge in [0.05, 0.1) is 29.7 Å². The van der Waals surface area contributed by atoms with Crippen molar-refractivity contribution >= 4 is 17.3 Å². The number of hydrogen-bond donors (Lipinski definition) is 2. The molecule has 2 rings (SSSR count). The predicted molar refractivity (Wildman–Crippen MR) is 81.8 cm³/mol. The Morgan fingerprint density at radius 3 is 2.76 bits per heavy atom. The van der Waals surface area contributed by atoms with Crippen LogP contribution in [-0.4, -0.2) is 29.0 Å². The Morgan fingerprint density at radius 2 is 2.10 bits per heavy atom. The Morgan fingerprint density at radius 1 is 1.24 bits per heavy atom. The maximum absolute atomic E-state index is 12.3. The standard InChI is InChI=1S/C15H18N4O2/c1-3-17-13-7-8-16-10-12(13)15(20)19-11-5-6-14(18-9-11)21-4-2/h5-10H,3-4H2,1-2H3,(H,16,17)(H,19,20). The maximum atomic E-state index is 12.3. The van der Waals surface area contributed by atoms with E-state index < -0.39 is 0 Å². The van der Waals surface area contributed by atoms with E-state index in [4.69, 9.17) is 4.74 Å². The van der Waals surface area contributed by atoms with Gasteiger partial charge in [-0.25, -0.2) is 4.98 Å². The van der Waals surface area contributed by atoms with Gasteiger partial charge in [0.1, 0.15) is 0 Å². The van der Waals surface area contributed by atoms with Gasteiger partial charge in [-0.3, -0.25) is 9.78 Å². The summed E-state index contributed by atoms with van der Waals surface area (Å²) in [6.45, 7) is 5.15. The number of rotatable bonds is 6. The second-order valence-corrected chi connectivity index (χ2v) is 4.22. The molecule has 0 aliphatic rings. The fourth-order valence-corrected chi connectivity index (χ4v) is 1.81. The van der Waals surface area contributed by atoms with Gasteiger partial charge in [0.15, 0.2) is 0 Å². The molecule has 0 unspecified atom stereocenters. The Bertz CT molecular complexity index is 599. The Balaban J connectivity index is 2.10. The highest BCUT2D eigenvalue weighted by atomic mass is 16.5. The van der Waals surface area contributed by atoms with Crippen LogP contribution in [-0.2, 0) is 0 Å². The highest BCUT2D eigenvalue weighted by molar-refractivity contribution is 6.07. The molecule has 110 valence electrons. The molecule has 0 aliphatic carbocycles. The van der Waals surface area contributed by atoms with Gasteiger partial charge in [0.25, 0.3) is 5.91 Å². The lowest BCUT2D eigenvalue weighted by Gasteiger charge is -2.10. The van der Waals surface area contributed by atoms with E-state index in [-0.39, 0.29) is 5.91 Å². The van der Waals surface area contributed by atoms with Crippen molar-refractivity contribution in [2.75, 3.05) is 23.8 Å². The molecule has 2 N–H and O–H groups in total. The maximum Gasteiger partial charge on any atom is 0.259 e. The minimum absolute atomic E-state index is 0.231. The minimum Gasteiger partial charge on any atom is -0.478 e. The number of anilines is 2. The first-order valence-electron chi connectivity index (χ1n) is 6.82. The monoisotopic (exact) mass is 286 g/mol. The summed E-state index contributed by atoms with van der Waals surface area (Å²) in [7, 11) is 0. The fourth-order valence-electron chi connectivity index (χ4n) is 1.81. The number of hydrogen-bond acceptors (Lipinski definition) is 5. The molecule has 6 nitrogen and oxygen atoms in total. The lowest BCUT2D eigenvalue weighted by molar-refractivity contribution is 0.102. The quantitative estimate of drug-likeness (QED) is 0.853. The van der Waals surface area contributed by atoms with Gasteiger partial charge in [-0.15, -0.1) is 0 Å². The second-order valence-electron chi connectivity index (χ2n) is 4.22. The van der Waals surface area contributed by atoms with Crippen LogP contribution in [0.25, 0.3) is 0 Å². The van der Waals surface area contributed by atoms with Crippen molar-refractivity contribution in [1.82, 2.24) is 9.97 Å². The van der Waals surface area contributed by atoms with Gasteiger partial charge in [-0.05, 0) is 26.0 Å². The van der Waals surface area contributed by atoms with E-state index in [1.807, 2.05) is 13.8 Å². The number of pyridine rings is 2. The first-order valence-corrected chi connectivity index (χ1v) is 6.82. The van der Waals surface area contributed by atoms with E-state index >= 15 is 0 Å². The van der Waals surface area contributed by atoms with Crippen molar-refractivity contribution in [2.45, 2.75) is 13.8 Å². The molecule has 6 heteroatoms. The lowest BCUT2D eigenvalue weighted by Crippen LogP contribution is -2.15. The zero-order valence-electron chi connectivity index (χ0n) is 12.1. The van der Waals surface area contributed by atoms with E-state index in [1.54, 1.807) is 30.6 Å². The predicted octanol–water partition coefficient (Wildman–Crippen LogP) is 2.56. The minimum atomic E-state index is -0.231. The summed E-state index contributed by atoms with van der Waals surface area (Å²) in [6, 6.07) is 5.24. The molecule has 2 aromatic heterocycles. The molecule has 0 atom stereocenters. The second kappa shape index (κ2) is 7.23. The van der Waals surface area contributed by atoms with Crippen LogP contribution >= 0.6 is 0 Å². The van der Waals surface area contributed by atoms with E-state index in [0.29, 0.717) is 23.7 Å². The molecule has 1 amide bonds. The van der Waals surface area contributed by atoms with Gasteiger partial charge in [0.2, 0.25) is 5.88 Å². The van der Waals surface area contributed by atoms with Crippen LogP contribution in [0.5, 0.6) is 5.88 Å². The summed E-state index contributed by atoms with van der Waals surface area (Å²) >= 11 is 0. The molecule has 2 heterocycles. The molecule has 0 saturated heterocycles. The molecule has 0 aliphatic heterocycles. The Hall–Kier alpha value is -2.63. The summed E-state index contributed by atoms with van der Waals surface area (Å²) in [4.78, 5) is 20.4. The Labute approximate surface area is 123 Å². The Kier molecular flexibility index (Phi) is 5.09. The topological polar surface area (TPSA) is 76.1 Å². The summed E-state index contributed by atoms with van der Waals surface area (Å²) in [5.74, 6) is 0.301. The molecular weight excluding hydrogens is 268 g/mol. The van der Waals surface area contributed by atoms with Gasteiger partial charge < -0.3 is 15.4 Å². The van der Waals surface area contributed by atoms with E-state index in [1.165, 1.54) is 6.20 Å². The summed E-state index contributed by atoms with van der Waals surface area (Å²) in [6.07, 6.45) is 4.74. The summed E-state index contributed by atoms with van der Waals surface area (Å²) < 4.78 is 5.26. The summed E-state index contributed by atoms with van der Waals surface area (Å²) in [5.41, 5.74) is 1.85. The van der Waals surface area contributed by atoms with Crippen LogP contribution in [0.2, 0.25) is 0 Å². The van der Waals surface area contributed by atoms with Gasteiger partial charge in [-0.1, -0.05) is 0 Å². The third kappa shape index (κ3) is 3.92. The van der Waals surface area contributed by atoms with Crippen LogP contribution in [0.15, 0.2) is 36.8 Å². The van der Waals surface area contributed by atoms with E-state index in [9.17, 15) is 4.79 Å². The molecular formula is C15H18N4O2. The number of amides is 1. The molecule has 2 aromatic rings. The fraction of sp³-hybridized carbons (Fsp3) is 0.267. The largest absolute Gasteiger partial charge is 0.478 e. The first kappa shape index (κ1) is 14.8. The zero-order valence-corrected chi connectivity index (χ0v) is 12.1. The average Bonchev–Trinajstić information content (AvgIpc) is 2.50. The third-order valence-corrected chi connectivity index (χ3v) is 2.72. The summed E-state index contributed by atoms with van der Waals surface area (Å²) in [5, 5.41) is 5.92. The van der Waals surface area contributed by atoms with Crippen molar-refractivity contribution < 1.29 is 9.53 Å². The zero-order chi connectivity index (χ0) is 15.1. The van der Waals surface area contributed by atoms with Gasteiger partial charge >= 0.3 is 0 Å². The van der Waals surface area contributed by atoms with Crippen LogP contribution in [0, 0.1) is 0 Å². The van der Waals surface area contributed by atoms with Crippen LogP contribution in [0.4, 0.5) is 11.4 Å². The first-order chi connectivity index (χ1) is 10.2. The smallest absolute Gasteiger partial charge is 0.259 e. The number of nitrogens with one attached hydrogen (secondary N) is 2. The van der Waals surface area contributed by atoms with Crippen LogP contribution in [0.3, 0.4) is 0 Å². The van der Waals surface area contributed by atoms with E-state index in [2.05, 4.69) is 20.6 Å². The molecule has 0 saturated carbocycles. The van der Waals surface area contributed by atoms with Crippen molar-refractivity contribution in [3.63, 3.8) is 0 Å². The number of aromatic nitrogens is 2. The molecule has 0 fully saturated rings. The van der Waals surface area contributed by atoms with Gasteiger partial charge in [-0.2, -0.15) is 0 Å². The molecule has 0 radical (unpaired) electrons. The molecule has 0 aromatic carbocycles. The third-order valence-electron chi connectivity index (χ3n) is 2.72. The molecule has 21 heavy (non-hydrogen) atoms. The van der Waals surface area contributed by atoms with Crippen molar-refractivity contribution in [2.24, 2.45) is 0 Å². The van der Waals surface area contributed by atoms with Crippen molar-refractivity contribution in [3.05, 3.63) is 42.4 Å². The number of nitrogens with zero attached hydrogens (tertiary/aromatic N) is 2. The molecule has 0 bridgehead atoms. The number of carbonyl (C=O) groups excluding carboxylic acids is 1. The normalized spacial score (nSPS) is 10.0. The highest BCUT2D eigenvalue weighted by Gasteiger charge is 2.11. The van der Waals surface area contributed by atoms with E-state index in [0.717, 1.165) is 12.2 Å².